The molecule has 0 bridgehead atoms. The maximum atomic E-state index is 3.61. The summed E-state index contributed by atoms with van der Waals surface area (Å²) in [6.07, 6.45) is 3.92. The summed E-state index contributed by atoms with van der Waals surface area (Å²) >= 11 is 0. The van der Waals surface area contributed by atoms with Crippen LogP contribution in [0.15, 0.2) is 54.6 Å². The molecule has 1 N–H and O–H groups in total. The Labute approximate surface area is 121 Å². The molecule has 0 saturated carbocycles. The molecule has 0 amide bonds. The average molecular weight is 274 g/mol. The van der Waals surface area contributed by atoms with E-state index in [1.807, 2.05) is 0 Å². The van der Waals surface area contributed by atoms with E-state index in [4.69, 9.17) is 0 Å². The van der Waals surface area contributed by atoms with Crippen molar-refractivity contribution in [3.05, 3.63) is 60.2 Å². The van der Waals surface area contributed by atoms with E-state index < -0.39 is 0 Å². The molecular weight excluding hydrogens is 254 g/mol. The van der Waals surface area contributed by atoms with Crippen molar-refractivity contribution in [2.75, 3.05) is 6.54 Å². The summed E-state index contributed by atoms with van der Waals surface area (Å²) in [4.78, 5) is 0. The molecule has 100 valence electrons. The summed E-state index contributed by atoms with van der Waals surface area (Å²) in [5.74, 6) is 0. The first-order chi connectivity index (χ1) is 8.93. The molecule has 1 atom stereocenters. The van der Waals surface area contributed by atoms with Gasteiger partial charge in [0.15, 0.2) is 0 Å². The first-order valence-corrected chi connectivity index (χ1v) is 6.82. The highest BCUT2D eigenvalue weighted by Gasteiger charge is 2.14. The van der Waals surface area contributed by atoms with Crippen molar-refractivity contribution in [1.29, 1.82) is 0 Å². The number of benzene rings is 2. The van der Waals surface area contributed by atoms with Gasteiger partial charge in [0, 0.05) is 6.04 Å². The summed E-state index contributed by atoms with van der Waals surface area (Å²) in [6, 6.07) is 20.1. The van der Waals surface area contributed by atoms with Gasteiger partial charge in [-0.1, -0.05) is 55.0 Å². The highest BCUT2D eigenvalue weighted by Crippen LogP contribution is 2.27. The van der Waals surface area contributed by atoms with E-state index >= 15 is 0 Å². The summed E-state index contributed by atoms with van der Waals surface area (Å²) in [5.41, 5.74) is 4.05. The van der Waals surface area contributed by atoms with Gasteiger partial charge in [-0.05, 0) is 42.1 Å². The Morgan fingerprint density at radius 3 is 2.37 bits per heavy atom. The summed E-state index contributed by atoms with van der Waals surface area (Å²) in [7, 11) is 0. The molecule has 0 aliphatic carbocycles. The van der Waals surface area contributed by atoms with E-state index in [1.54, 1.807) is 0 Å². The monoisotopic (exact) mass is 273 g/mol. The molecule has 1 heterocycles. The lowest BCUT2D eigenvalue weighted by molar-refractivity contribution is 0.412. The van der Waals surface area contributed by atoms with E-state index in [2.05, 4.69) is 59.9 Å². The first-order valence-electron chi connectivity index (χ1n) is 6.82. The molecule has 0 spiro atoms. The van der Waals surface area contributed by atoms with Gasteiger partial charge in [0.1, 0.15) is 0 Å². The lowest BCUT2D eigenvalue weighted by atomic mass is 9.94. The number of halogens is 1. The highest BCUT2D eigenvalue weighted by molar-refractivity contribution is 5.85. The van der Waals surface area contributed by atoms with E-state index in [9.17, 15) is 0 Å². The van der Waals surface area contributed by atoms with Crippen molar-refractivity contribution < 1.29 is 0 Å². The standard InChI is InChI=1S/C17H19N.ClH/c1-2-7-14(8-3-1)15-9-6-10-16(13-15)17-11-4-5-12-18-17;/h1-3,6-10,13,17-18H,4-5,11-12H2;1H/t17-;/m0./s1. The van der Waals surface area contributed by atoms with Gasteiger partial charge in [-0.2, -0.15) is 0 Å². The van der Waals surface area contributed by atoms with E-state index in [1.165, 1.54) is 36.0 Å². The quantitative estimate of drug-likeness (QED) is 0.844. The van der Waals surface area contributed by atoms with E-state index in [0.717, 1.165) is 6.54 Å². The number of piperidine rings is 1. The largest absolute Gasteiger partial charge is 0.310 e. The van der Waals surface area contributed by atoms with Crippen LogP contribution in [0.25, 0.3) is 11.1 Å². The summed E-state index contributed by atoms with van der Waals surface area (Å²) in [5, 5.41) is 3.61. The van der Waals surface area contributed by atoms with Crippen LogP contribution < -0.4 is 5.32 Å². The zero-order valence-corrected chi connectivity index (χ0v) is 11.8. The zero-order valence-electron chi connectivity index (χ0n) is 11.0. The Kier molecular flexibility index (Phi) is 5.00. The van der Waals surface area contributed by atoms with Gasteiger partial charge < -0.3 is 5.32 Å². The molecule has 0 unspecified atom stereocenters. The number of hydrogen-bond acceptors (Lipinski definition) is 1. The third kappa shape index (κ3) is 3.37. The topological polar surface area (TPSA) is 12.0 Å². The van der Waals surface area contributed by atoms with Gasteiger partial charge in [-0.3, -0.25) is 0 Å². The maximum Gasteiger partial charge on any atom is 0.0320 e. The molecule has 1 aliphatic rings. The molecule has 3 rings (SSSR count). The van der Waals surface area contributed by atoms with Crippen molar-refractivity contribution in [1.82, 2.24) is 5.32 Å². The molecule has 1 fully saturated rings. The second kappa shape index (κ2) is 6.74. The SMILES string of the molecule is Cl.c1ccc(-c2cccc([C@@H]3CCCCN3)c2)cc1. The van der Waals surface area contributed by atoms with Gasteiger partial charge in [0.2, 0.25) is 0 Å². The lowest BCUT2D eigenvalue weighted by Gasteiger charge is -2.24. The normalized spacial score (nSPS) is 18.6. The molecular formula is C17H20ClN. The van der Waals surface area contributed by atoms with Gasteiger partial charge >= 0.3 is 0 Å². The average Bonchev–Trinajstić information content (AvgIpc) is 2.49. The van der Waals surface area contributed by atoms with Crippen molar-refractivity contribution in [3.63, 3.8) is 0 Å². The Morgan fingerprint density at radius 2 is 1.63 bits per heavy atom. The number of nitrogens with one attached hydrogen (secondary N) is 1. The molecule has 2 aromatic carbocycles. The van der Waals surface area contributed by atoms with Gasteiger partial charge in [0.05, 0.1) is 0 Å². The minimum absolute atomic E-state index is 0. The fraction of sp³-hybridized carbons (Fsp3) is 0.294. The molecule has 0 radical (unpaired) electrons. The van der Waals surface area contributed by atoms with Crippen LogP contribution in [0.1, 0.15) is 30.9 Å². The van der Waals surface area contributed by atoms with Crippen molar-refractivity contribution in [2.45, 2.75) is 25.3 Å². The Morgan fingerprint density at radius 1 is 0.842 bits per heavy atom. The Balaban J connectivity index is 0.00000133. The van der Waals surface area contributed by atoms with Crippen LogP contribution in [0.3, 0.4) is 0 Å². The van der Waals surface area contributed by atoms with Gasteiger partial charge in [-0.25, -0.2) is 0 Å². The van der Waals surface area contributed by atoms with Crippen LogP contribution in [0.5, 0.6) is 0 Å². The second-order valence-corrected chi connectivity index (χ2v) is 4.99. The predicted molar refractivity (Wildman–Crippen MR) is 83.7 cm³/mol. The predicted octanol–water partition coefficient (Wildman–Crippen LogP) is 4.59. The Hall–Kier alpha value is -1.31. The van der Waals surface area contributed by atoms with Crippen LogP contribution in [-0.2, 0) is 0 Å². The highest BCUT2D eigenvalue weighted by atomic mass is 35.5. The maximum absolute atomic E-state index is 3.61. The molecule has 1 saturated heterocycles. The molecule has 1 nitrogen and oxygen atoms in total. The molecule has 2 heteroatoms. The van der Waals surface area contributed by atoms with E-state index in [-0.39, 0.29) is 12.4 Å². The smallest absolute Gasteiger partial charge is 0.0320 e. The van der Waals surface area contributed by atoms with Gasteiger partial charge in [0.25, 0.3) is 0 Å². The lowest BCUT2D eigenvalue weighted by Crippen LogP contribution is -2.26. The second-order valence-electron chi connectivity index (χ2n) is 4.99. The fourth-order valence-electron chi connectivity index (χ4n) is 2.70. The zero-order chi connectivity index (χ0) is 12.2. The minimum Gasteiger partial charge on any atom is -0.310 e. The minimum atomic E-state index is 0. The van der Waals surface area contributed by atoms with Crippen molar-refractivity contribution in [3.8, 4) is 11.1 Å². The molecule has 2 aromatic rings. The fourth-order valence-corrected chi connectivity index (χ4v) is 2.70. The number of rotatable bonds is 2. The van der Waals surface area contributed by atoms with Crippen LogP contribution in [0.4, 0.5) is 0 Å². The van der Waals surface area contributed by atoms with Crippen LogP contribution in [0.2, 0.25) is 0 Å². The molecule has 1 aliphatic heterocycles. The van der Waals surface area contributed by atoms with Gasteiger partial charge in [-0.15, -0.1) is 12.4 Å². The number of hydrogen-bond donors (Lipinski definition) is 1. The van der Waals surface area contributed by atoms with Crippen LogP contribution in [-0.4, -0.2) is 6.54 Å². The molecule has 0 aromatic heterocycles. The third-order valence-electron chi connectivity index (χ3n) is 3.71. The van der Waals surface area contributed by atoms with E-state index in [0.29, 0.717) is 6.04 Å². The van der Waals surface area contributed by atoms with Crippen LogP contribution in [0, 0.1) is 0 Å². The van der Waals surface area contributed by atoms with Crippen molar-refractivity contribution >= 4 is 12.4 Å². The van der Waals surface area contributed by atoms with Crippen molar-refractivity contribution in [2.24, 2.45) is 0 Å². The Bertz CT molecular complexity index is 504. The summed E-state index contributed by atoms with van der Waals surface area (Å²) < 4.78 is 0. The third-order valence-corrected chi connectivity index (χ3v) is 3.71. The first kappa shape index (κ1) is 14.1. The van der Waals surface area contributed by atoms with Crippen LogP contribution >= 0.6 is 12.4 Å². The summed E-state index contributed by atoms with van der Waals surface area (Å²) in [6.45, 7) is 1.15. The molecule has 19 heavy (non-hydrogen) atoms.